The molecule has 2 rings (SSSR count). The summed E-state index contributed by atoms with van der Waals surface area (Å²) in [6, 6.07) is 11.6. The monoisotopic (exact) mass is 218 g/mol. The van der Waals surface area contributed by atoms with E-state index in [0.29, 0.717) is 18.0 Å². The Bertz CT molecular complexity index is 323. The molecule has 1 aromatic rings. The van der Waals surface area contributed by atoms with Crippen LogP contribution in [0, 0.1) is 5.92 Å². The maximum Gasteiger partial charge on any atom is 0.0237 e. The minimum atomic E-state index is 0.343. The van der Waals surface area contributed by atoms with Crippen LogP contribution in [0.1, 0.15) is 25.8 Å². The lowest BCUT2D eigenvalue weighted by atomic mass is 9.89. The van der Waals surface area contributed by atoms with E-state index in [0.717, 1.165) is 19.5 Å². The number of rotatable bonds is 2. The lowest BCUT2D eigenvalue weighted by molar-refractivity contribution is 0.0925. The maximum absolute atomic E-state index is 6.09. The van der Waals surface area contributed by atoms with Gasteiger partial charge in [0.1, 0.15) is 0 Å². The van der Waals surface area contributed by atoms with E-state index < -0.39 is 0 Å². The number of benzene rings is 1. The summed E-state index contributed by atoms with van der Waals surface area (Å²) in [5.41, 5.74) is 7.47. The molecule has 1 aliphatic rings. The summed E-state index contributed by atoms with van der Waals surface area (Å²) < 4.78 is 0. The fourth-order valence-electron chi connectivity index (χ4n) is 2.60. The van der Waals surface area contributed by atoms with Crippen molar-refractivity contribution in [2.45, 2.75) is 38.9 Å². The molecule has 1 aliphatic heterocycles. The highest BCUT2D eigenvalue weighted by Crippen LogP contribution is 2.23. The van der Waals surface area contributed by atoms with Gasteiger partial charge >= 0.3 is 0 Å². The van der Waals surface area contributed by atoms with Gasteiger partial charge in [-0.15, -0.1) is 0 Å². The van der Waals surface area contributed by atoms with Crippen molar-refractivity contribution in [1.29, 1.82) is 0 Å². The van der Waals surface area contributed by atoms with Crippen LogP contribution in [0.3, 0.4) is 0 Å². The van der Waals surface area contributed by atoms with Crippen LogP contribution in [-0.4, -0.2) is 23.5 Å². The van der Waals surface area contributed by atoms with Gasteiger partial charge in [0.15, 0.2) is 0 Å². The Morgan fingerprint density at radius 1 is 1.25 bits per heavy atom. The molecule has 2 heteroatoms. The summed E-state index contributed by atoms with van der Waals surface area (Å²) in [7, 11) is 0. The highest BCUT2D eigenvalue weighted by atomic mass is 15.2. The van der Waals surface area contributed by atoms with Crippen molar-refractivity contribution in [3.63, 3.8) is 0 Å². The molecule has 0 aliphatic carbocycles. The van der Waals surface area contributed by atoms with Gasteiger partial charge in [-0.3, -0.25) is 4.90 Å². The Morgan fingerprint density at radius 2 is 1.94 bits per heavy atom. The lowest BCUT2D eigenvalue weighted by Gasteiger charge is -2.41. The standard InChI is InChI=1S/C14H22N2/c1-11-8-14(15)10-16(12(11)2)9-13-6-4-3-5-7-13/h3-7,11-12,14H,8-10,15H2,1-2H3/t11-,12+,14+/m0/s1. The highest BCUT2D eigenvalue weighted by molar-refractivity contribution is 5.14. The first-order chi connectivity index (χ1) is 7.66. The Balaban J connectivity index is 2.03. The molecule has 0 bridgehead atoms. The van der Waals surface area contributed by atoms with Crippen molar-refractivity contribution in [3.8, 4) is 0 Å². The van der Waals surface area contributed by atoms with Crippen LogP contribution in [0.15, 0.2) is 30.3 Å². The number of hydrogen-bond donors (Lipinski definition) is 1. The molecular formula is C14H22N2. The second-order valence-electron chi connectivity index (χ2n) is 5.13. The predicted octanol–water partition coefficient (Wildman–Crippen LogP) is 2.24. The number of nitrogens with two attached hydrogens (primary N) is 1. The molecule has 0 aromatic heterocycles. The summed E-state index contributed by atoms with van der Waals surface area (Å²) in [6.45, 7) is 6.68. The molecule has 2 nitrogen and oxygen atoms in total. The molecule has 1 saturated heterocycles. The van der Waals surface area contributed by atoms with E-state index >= 15 is 0 Å². The summed E-state index contributed by atoms with van der Waals surface area (Å²) in [5.74, 6) is 0.701. The molecule has 3 atom stereocenters. The smallest absolute Gasteiger partial charge is 0.0237 e. The van der Waals surface area contributed by atoms with Crippen LogP contribution < -0.4 is 5.73 Å². The van der Waals surface area contributed by atoms with E-state index in [-0.39, 0.29) is 0 Å². The van der Waals surface area contributed by atoms with Crippen molar-refractivity contribution in [3.05, 3.63) is 35.9 Å². The van der Waals surface area contributed by atoms with Crippen molar-refractivity contribution in [2.75, 3.05) is 6.54 Å². The predicted molar refractivity (Wildman–Crippen MR) is 68.1 cm³/mol. The van der Waals surface area contributed by atoms with E-state index in [4.69, 9.17) is 5.73 Å². The normalized spacial score (nSPS) is 31.6. The first-order valence-corrected chi connectivity index (χ1v) is 6.20. The van der Waals surface area contributed by atoms with E-state index in [9.17, 15) is 0 Å². The maximum atomic E-state index is 6.09. The molecule has 0 amide bonds. The fraction of sp³-hybridized carbons (Fsp3) is 0.571. The largest absolute Gasteiger partial charge is 0.327 e. The third kappa shape index (κ3) is 2.63. The van der Waals surface area contributed by atoms with E-state index in [1.807, 2.05) is 0 Å². The summed E-state index contributed by atoms with van der Waals surface area (Å²) in [6.07, 6.45) is 1.16. The average Bonchev–Trinajstić information content (AvgIpc) is 2.27. The molecule has 1 fully saturated rings. The van der Waals surface area contributed by atoms with Crippen molar-refractivity contribution < 1.29 is 0 Å². The number of likely N-dealkylation sites (tertiary alicyclic amines) is 1. The summed E-state index contributed by atoms with van der Waals surface area (Å²) >= 11 is 0. The summed E-state index contributed by atoms with van der Waals surface area (Å²) in [4.78, 5) is 2.51. The SMILES string of the molecule is C[C@@H]1[C@@H](C)C[C@@H](N)CN1Cc1ccccc1. The Labute approximate surface area is 98.4 Å². The molecular weight excluding hydrogens is 196 g/mol. The molecule has 88 valence electrons. The quantitative estimate of drug-likeness (QED) is 0.825. The number of nitrogens with zero attached hydrogens (tertiary/aromatic N) is 1. The van der Waals surface area contributed by atoms with Crippen LogP contribution >= 0.6 is 0 Å². The zero-order chi connectivity index (χ0) is 11.5. The molecule has 1 heterocycles. The van der Waals surface area contributed by atoms with Crippen LogP contribution in [0.25, 0.3) is 0 Å². The molecule has 0 spiro atoms. The van der Waals surface area contributed by atoms with Crippen LogP contribution in [0.4, 0.5) is 0 Å². The molecule has 1 aromatic carbocycles. The van der Waals surface area contributed by atoms with Crippen molar-refractivity contribution >= 4 is 0 Å². The third-order valence-corrected chi connectivity index (χ3v) is 3.77. The summed E-state index contributed by atoms with van der Waals surface area (Å²) in [5, 5.41) is 0. The highest BCUT2D eigenvalue weighted by Gasteiger charge is 2.28. The molecule has 0 radical (unpaired) electrons. The minimum absolute atomic E-state index is 0.343. The average molecular weight is 218 g/mol. The van der Waals surface area contributed by atoms with Gasteiger partial charge in [0.05, 0.1) is 0 Å². The Kier molecular flexibility index (Phi) is 3.62. The Morgan fingerprint density at radius 3 is 2.62 bits per heavy atom. The number of piperidine rings is 1. The lowest BCUT2D eigenvalue weighted by Crippen LogP contribution is -2.50. The minimum Gasteiger partial charge on any atom is -0.327 e. The van der Waals surface area contributed by atoms with Crippen LogP contribution in [0.5, 0.6) is 0 Å². The van der Waals surface area contributed by atoms with Gasteiger partial charge in [-0.2, -0.15) is 0 Å². The van der Waals surface area contributed by atoms with Crippen molar-refractivity contribution in [2.24, 2.45) is 11.7 Å². The zero-order valence-corrected chi connectivity index (χ0v) is 10.3. The molecule has 16 heavy (non-hydrogen) atoms. The molecule has 0 unspecified atom stereocenters. The van der Waals surface area contributed by atoms with Gasteiger partial charge in [-0.25, -0.2) is 0 Å². The van der Waals surface area contributed by atoms with E-state index in [1.165, 1.54) is 5.56 Å². The fourth-order valence-corrected chi connectivity index (χ4v) is 2.60. The first kappa shape index (κ1) is 11.6. The molecule has 2 N–H and O–H groups in total. The van der Waals surface area contributed by atoms with Gasteiger partial charge in [0.25, 0.3) is 0 Å². The third-order valence-electron chi connectivity index (χ3n) is 3.77. The van der Waals surface area contributed by atoms with Crippen LogP contribution in [-0.2, 0) is 6.54 Å². The molecule has 0 saturated carbocycles. The van der Waals surface area contributed by atoms with Gasteiger partial charge in [0, 0.05) is 25.2 Å². The van der Waals surface area contributed by atoms with Crippen LogP contribution in [0.2, 0.25) is 0 Å². The van der Waals surface area contributed by atoms with Gasteiger partial charge in [0.2, 0.25) is 0 Å². The van der Waals surface area contributed by atoms with Gasteiger partial charge in [-0.1, -0.05) is 37.3 Å². The topological polar surface area (TPSA) is 29.3 Å². The van der Waals surface area contributed by atoms with Gasteiger partial charge in [-0.05, 0) is 24.8 Å². The van der Waals surface area contributed by atoms with E-state index in [1.54, 1.807) is 0 Å². The first-order valence-electron chi connectivity index (χ1n) is 6.20. The zero-order valence-electron chi connectivity index (χ0n) is 10.3. The van der Waals surface area contributed by atoms with Gasteiger partial charge < -0.3 is 5.73 Å². The second kappa shape index (κ2) is 4.98. The van der Waals surface area contributed by atoms with E-state index in [2.05, 4.69) is 49.1 Å². The Hall–Kier alpha value is -0.860. The second-order valence-corrected chi connectivity index (χ2v) is 5.13. The van der Waals surface area contributed by atoms with Crippen molar-refractivity contribution in [1.82, 2.24) is 4.90 Å². The number of hydrogen-bond acceptors (Lipinski definition) is 2.